The average molecular weight is 343 g/mol. The van der Waals surface area contributed by atoms with E-state index in [0.717, 1.165) is 5.16 Å². The van der Waals surface area contributed by atoms with Crippen LogP contribution >= 0.6 is 0 Å². The predicted octanol–water partition coefficient (Wildman–Crippen LogP) is 6.38. The van der Waals surface area contributed by atoms with Gasteiger partial charge < -0.3 is 4.74 Å². The largest absolute Gasteiger partial charge is 0.435 e. The third-order valence-electron chi connectivity index (χ3n) is 6.30. The van der Waals surface area contributed by atoms with Crippen molar-refractivity contribution >= 4 is 22.1 Å². The minimum Gasteiger partial charge on any atom is -0.435 e. The molecule has 0 aromatic heterocycles. The lowest BCUT2D eigenvalue weighted by Gasteiger charge is -2.46. The van der Waals surface area contributed by atoms with Crippen LogP contribution in [0.15, 0.2) is 12.3 Å². The Balaban J connectivity index is 5.70. The van der Waals surface area contributed by atoms with Crippen molar-refractivity contribution in [3.63, 3.8) is 0 Å². The van der Waals surface area contributed by atoms with Gasteiger partial charge in [0.25, 0.3) is 0 Å². The van der Waals surface area contributed by atoms with Gasteiger partial charge in [-0.2, -0.15) is 0 Å². The van der Waals surface area contributed by atoms with Gasteiger partial charge in [0.2, 0.25) is 0 Å². The molecule has 2 nitrogen and oxygen atoms in total. The third-order valence-corrected chi connectivity index (χ3v) is 21.5. The normalized spacial score (nSPS) is 13.1. The smallest absolute Gasteiger partial charge is 0.310 e. The number of esters is 1. The summed E-state index contributed by atoms with van der Waals surface area (Å²) in [5.41, 5.74) is 0. The fourth-order valence-electron chi connectivity index (χ4n) is 4.15. The molecule has 0 N–H and O–H groups in total. The molecule has 0 aliphatic rings. The second kappa shape index (κ2) is 10.4. The lowest BCUT2D eigenvalue weighted by Crippen LogP contribution is -2.51. The Bertz CT molecular complexity index is 308. The van der Waals surface area contributed by atoms with Crippen LogP contribution in [0.5, 0.6) is 0 Å². The molecule has 0 aromatic rings. The van der Waals surface area contributed by atoms with E-state index in [1.807, 2.05) is 6.92 Å². The maximum absolute atomic E-state index is 11.5. The van der Waals surface area contributed by atoms with Gasteiger partial charge in [-0.1, -0.05) is 90.8 Å². The molecule has 0 atom stereocenters. The van der Waals surface area contributed by atoms with Crippen LogP contribution in [-0.4, -0.2) is 22.1 Å². The second-order valence-corrected chi connectivity index (χ2v) is 18.0. The van der Waals surface area contributed by atoms with Crippen LogP contribution in [0.4, 0.5) is 0 Å². The molecular formula is C18H38O2Si2. The minimum absolute atomic E-state index is 0.122. The summed E-state index contributed by atoms with van der Waals surface area (Å²) < 4.78 is 5.30. The number of carbonyl (C=O) groups excluding carboxylic acids is 1. The van der Waals surface area contributed by atoms with Crippen molar-refractivity contribution in [2.75, 3.05) is 0 Å². The molecule has 0 aliphatic heterocycles. The SMILES string of the molecule is CCC(=O)O/C=C\C([Si](CC)(CC)CC)[Si](CC)(CC)CC. The first-order chi connectivity index (χ1) is 10.5. The van der Waals surface area contributed by atoms with Gasteiger partial charge in [-0.05, 0) is 5.16 Å². The Morgan fingerprint density at radius 1 is 0.818 bits per heavy atom. The number of rotatable bonds is 11. The maximum Gasteiger partial charge on any atom is 0.310 e. The van der Waals surface area contributed by atoms with Crippen molar-refractivity contribution in [3.8, 4) is 0 Å². The van der Waals surface area contributed by atoms with Crippen LogP contribution in [-0.2, 0) is 9.53 Å². The van der Waals surface area contributed by atoms with E-state index in [1.54, 1.807) is 6.26 Å². The lowest BCUT2D eigenvalue weighted by molar-refractivity contribution is -0.137. The Morgan fingerprint density at radius 2 is 1.18 bits per heavy atom. The highest BCUT2D eigenvalue weighted by atomic mass is 28.4. The molecule has 0 heterocycles. The fourth-order valence-corrected chi connectivity index (χ4v) is 19.6. The van der Waals surface area contributed by atoms with Gasteiger partial charge in [-0.3, -0.25) is 4.79 Å². The molecule has 0 saturated carbocycles. The Kier molecular flexibility index (Phi) is 10.3. The molecule has 0 radical (unpaired) electrons. The first-order valence-corrected chi connectivity index (χ1v) is 14.7. The molecule has 0 saturated heterocycles. The van der Waals surface area contributed by atoms with Crippen LogP contribution in [0.1, 0.15) is 54.9 Å². The predicted molar refractivity (Wildman–Crippen MR) is 104 cm³/mol. The van der Waals surface area contributed by atoms with Crippen molar-refractivity contribution in [2.24, 2.45) is 0 Å². The van der Waals surface area contributed by atoms with Gasteiger partial charge in [0.05, 0.1) is 22.4 Å². The zero-order chi connectivity index (χ0) is 17.2. The van der Waals surface area contributed by atoms with E-state index in [1.165, 1.54) is 36.3 Å². The Hall–Kier alpha value is -0.356. The van der Waals surface area contributed by atoms with Gasteiger partial charge in [0, 0.05) is 6.42 Å². The van der Waals surface area contributed by atoms with Crippen LogP contribution < -0.4 is 0 Å². The molecule has 0 unspecified atom stereocenters. The van der Waals surface area contributed by atoms with Crippen molar-refractivity contribution in [3.05, 3.63) is 12.3 Å². The third kappa shape index (κ3) is 4.82. The fraction of sp³-hybridized carbons (Fsp3) is 0.833. The summed E-state index contributed by atoms with van der Waals surface area (Å²) in [6.45, 7) is 16.2. The highest BCUT2D eigenvalue weighted by Crippen LogP contribution is 2.45. The molecule has 0 fully saturated rings. The van der Waals surface area contributed by atoms with Gasteiger partial charge in [0.15, 0.2) is 0 Å². The molecule has 0 rings (SSSR count). The van der Waals surface area contributed by atoms with Crippen LogP contribution in [0.2, 0.25) is 41.4 Å². The maximum atomic E-state index is 11.5. The van der Waals surface area contributed by atoms with Crippen molar-refractivity contribution in [1.82, 2.24) is 0 Å². The summed E-state index contributed by atoms with van der Waals surface area (Å²) in [5, 5.41) is 0.727. The van der Waals surface area contributed by atoms with E-state index in [0.29, 0.717) is 6.42 Å². The zero-order valence-corrected chi connectivity index (χ0v) is 18.0. The molecule has 130 valence electrons. The first kappa shape index (κ1) is 21.6. The summed E-state index contributed by atoms with van der Waals surface area (Å²) in [5.74, 6) is -0.122. The zero-order valence-electron chi connectivity index (χ0n) is 16.0. The summed E-state index contributed by atoms with van der Waals surface area (Å²) in [4.78, 5) is 11.5. The number of carbonyl (C=O) groups is 1. The van der Waals surface area contributed by atoms with E-state index in [9.17, 15) is 4.79 Å². The highest BCUT2D eigenvalue weighted by molar-refractivity contribution is 7.00. The van der Waals surface area contributed by atoms with Crippen LogP contribution in [0.3, 0.4) is 0 Å². The van der Waals surface area contributed by atoms with Crippen LogP contribution in [0.25, 0.3) is 0 Å². The summed E-state index contributed by atoms with van der Waals surface area (Å²) >= 11 is 0. The summed E-state index contributed by atoms with van der Waals surface area (Å²) in [7, 11) is -2.69. The molecule has 0 amide bonds. The molecule has 0 spiro atoms. The van der Waals surface area contributed by atoms with Crippen molar-refractivity contribution in [2.45, 2.75) is 96.3 Å². The first-order valence-electron chi connectivity index (χ1n) is 9.31. The monoisotopic (exact) mass is 342 g/mol. The highest BCUT2D eigenvalue weighted by Gasteiger charge is 2.46. The average Bonchev–Trinajstić information content (AvgIpc) is 2.58. The topological polar surface area (TPSA) is 26.3 Å². The number of hydrogen-bond acceptors (Lipinski definition) is 2. The quantitative estimate of drug-likeness (QED) is 0.247. The molecule has 0 aromatic carbocycles. The molecule has 0 bridgehead atoms. The Morgan fingerprint density at radius 3 is 1.45 bits per heavy atom. The van der Waals surface area contributed by atoms with E-state index < -0.39 is 16.1 Å². The van der Waals surface area contributed by atoms with Crippen molar-refractivity contribution in [1.29, 1.82) is 0 Å². The molecule has 0 aliphatic carbocycles. The second-order valence-electron chi connectivity index (χ2n) is 6.50. The minimum atomic E-state index is -1.34. The summed E-state index contributed by atoms with van der Waals surface area (Å²) in [6.07, 6.45) is 4.51. The van der Waals surface area contributed by atoms with E-state index >= 15 is 0 Å². The van der Waals surface area contributed by atoms with Gasteiger partial charge >= 0.3 is 5.97 Å². The van der Waals surface area contributed by atoms with Gasteiger partial charge in [0.1, 0.15) is 0 Å². The number of hydrogen-bond donors (Lipinski definition) is 0. The van der Waals surface area contributed by atoms with Crippen LogP contribution in [0, 0.1) is 0 Å². The Labute approximate surface area is 140 Å². The lowest BCUT2D eigenvalue weighted by atomic mass is 10.5. The van der Waals surface area contributed by atoms with Crippen molar-refractivity contribution < 1.29 is 9.53 Å². The summed E-state index contributed by atoms with van der Waals surface area (Å²) in [6, 6.07) is 8.03. The standard InChI is InChI=1S/C18H38O2Si2/c1-8-17(19)20-16-15-18(21(9-2,10-3)11-4)22(12-5,13-6)14-7/h15-16,18H,8-14H2,1-7H3/b16-15-. The van der Waals surface area contributed by atoms with E-state index in [-0.39, 0.29) is 5.97 Å². The molecule has 4 heteroatoms. The molecule has 22 heavy (non-hydrogen) atoms. The van der Waals surface area contributed by atoms with E-state index in [4.69, 9.17) is 4.74 Å². The van der Waals surface area contributed by atoms with Gasteiger partial charge in [-0.15, -0.1) is 0 Å². The molecular weight excluding hydrogens is 304 g/mol. The number of allylic oxidation sites excluding steroid dienone is 1. The number of ether oxygens (including phenoxy) is 1. The van der Waals surface area contributed by atoms with E-state index in [2.05, 4.69) is 47.6 Å². The van der Waals surface area contributed by atoms with Gasteiger partial charge in [-0.25, -0.2) is 0 Å².